The summed E-state index contributed by atoms with van der Waals surface area (Å²) in [7, 11) is 0. The zero-order chi connectivity index (χ0) is 8.55. The molecular weight excluding hydrogens is 188 g/mol. The minimum absolute atomic E-state index is 0. The first-order valence-corrected chi connectivity index (χ1v) is 4.41. The first kappa shape index (κ1) is 10.5. The lowest BCUT2D eigenvalue weighted by molar-refractivity contribution is 0.486. The monoisotopic (exact) mass is 202 g/mol. The van der Waals surface area contributed by atoms with E-state index in [1.54, 1.807) is 0 Å². The molecule has 1 aromatic rings. The predicted octanol–water partition coefficient (Wildman–Crippen LogP) is 0.926. The molecule has 0 bridgehead atoms. The zero-order valence-electron chi connectivity index (χ0n) is 7.95. The number of hydrogen-bond donors (Lipinski definition) is 1. The van der Waals surface area contributed by atoms with Crippen LogP contribution in [0.2, 0.25) is 0 Å². The summed E-state index contributed by atoms with van der Waals surface area (Å²) in [5.41, 5.74) is 0. The Morgan fingerprint density at radius 3 is 2.85 bits per heavy atom. The Bertz CT molecular complexity index is 282. The van der Waals surface area contributed by atoms with Gasteiger partial charge in [-0.25, -0.2) is 0 Å². The fraction of sp³-hybridized carbons (Fsp3) is 0.750. The third-order valence-corrected chi connectivity index (χ3v) is 2.17. The third kappa shape index (κ3) is 1.84. The molecule has 1 aliphatic rings. The molecule has 13 heavy (non-hydrogen) atoms. The molecule has 0 saturated carbocycles. The first-order chi connectivity index (χ1) is 5.79. The van der Waals surface area contributed by atoms with E-state index in [1.807, 2.05) is 0 Å². The normalized spacial score (nSPS) is 15.3. The molecule has 0 aliphatic carbocycles. The van der Waals surface area contributed by atoms with Crippen LogP contribution in [0.25, 0.3) is 0 Å². The smallest absolute Gasteiger partial charge is 0.147 e. The van der Waals surface area contributed by atoms with Gasteiger partial charge in [0.1, 0.15) is 11.6 Å². The van der Waals surface area contributed by atoms with Crippen LogP contribution < -0.4 is 5.32 Å². The standard InChI is InChI=1S/C8H14N4.ClH/c1-6(2)8-11-10-7-5-9-3-4-12(7)8;/h6,9H,3-5H2,1-2H3;1H. The number of fused-ring (bicyclic) bond motifs is 1. The van der Waals surface area contributed by atoms with E-state index in [2.05, 4.69) is 33.9 Å². The van der Waals surface area contributed by atoms with Crippen molar-refractivity contribution in [2.24, 2.45) is 0 Å². The van der Waals surface area contributed by atoms with Crippen LogP contribution in [-0.4, -0.2) is 21.3 Å². The van der Waals surface area contributed by atoms with Gasteiger partial charge in [-0.05, 0) is 0 Å². The van der Waals surface area contributed by atoms with E-state index in [4.69, 9.17) is 0 Å². The molecule has 0 amide bonds. The number of aromatic nitrogens is 3. The van der Waals surface area contributed by atoms with E-state index in [0.717, 1.165) is 31.3 Å². The first-order valence-electron chi connectivity index (χ1n) is 4.41. The van der Waals surface area contributed by atoms with Crippen LogP contribution >= 0.6 is 12.4 Å². The quantitative estimate of drug-likeness (QED) is 0.737. The predicted molar refractivity (Wildman–Crippen MR) is 53.1 cm³/mol. The zero-order valence-corrected chi connectivity index (χ0v) is 8.77. The minimum Gasteiger partial charge on any atom is -0.312 e. The van der Waals surface area contributed by atoms with Gasteiger partial charge in [0.25, 0.3) is 0 Å². The highest BCUT2D eigenvalue weighted by Crippen LogP contribution is 2.14. The molecule has 74 valence electrons. The van der Waals surface area contributed by atoms with Gasteiger partial charge in [0, 0.05) is 19.0 Å². The largest absolute Gasteiger partial charge is 0.312 e. The van der Waals surface area contributed by atoms with Gasteiger partial charge in [-0.3, -0.25) is 0 Å². The van der Waals surface area contributed by atoms with E-state index in [9.17, 15) is 0 Å². The summed E-state index contributed by atoms with van der Waals surface area (Å²) < 4.78 is 2.22. The van der Waals surface area contributed by atoms with Gasteiger partial charge < -0.3 is 9.88 Å². The van der Waals surface area contributed by atoms with Crippen LogP contribution in [0.5, 0.6) is 0 Å². The number of hydrogen-bond acceptors (Lipinski definition) is 3. The Balaban J connectivity index is 0.000000845. The van der Waals surface area contributed by atoms with E-state index in [1.165, 1.54) is 0 Å². The number of nitrogens with zero attached hydrogens (tertiary/aromatic N) is 3. The summed E-state index contributed by atoms with van der Waals surface area (Å²) in [5.74, 6) is 2.67. The summed E-state index contributed by atoms with van der Waals surface area (Å²) in [5, 5.41) is 11.6. The molecule has 0 radical (unpaired) electrons. The second-order valence-corrected chi connectivity index (χ2v) is 3.46. The number of rotatable bonds is 1. The lowest BCUT2D eigenvalue weighted by Crippen LogP contribution is -2.29. The summed E-state index contributed by atoms with van der Waals surface area (Å²) in [6.45, 7) is 7.21. The van der Waals surface area contributed by atoms with Crippen LogP contribution in [0.1, 0.15) is 31.4 Å². The second-order valence-electron chi connectivity index (χ2n) is 3.46. The van der Waals surface area contributed by atoms with E-state index >= 15 is 0 Å². The summed E-state index contributed by atoms with van der Waals surface area (Å²) in [4.78, 5) is 0. The molecule has 0 unspecified atom stereocenters. The molecule has 2 heterocycles. The number of nitrogens with one attached hydrogen (secondary N) is 1. The van der Waals surface area contributed by atoms with Crippen LogP contribution in [0.3, 0.4) is 0 Å². The lowest BCUT2D eigenvalue weighted by Gasteiger charge is -2.16. The van der Waals surface area contributed by atoms with Crippen molar-refractivity contribution < 1.29 is 0 Å². The van der Waals surface area contributed by atoms with Crippen LogP contribution in [0.15, 0.2) is 0 Å². The molecule has 2 rings (SSSR count). The Morgan fingerprint density at radius 2 is 2.15 bits per heavy atom. The Kier molecular flexibility index (Phi) is 3.27. The number of halogens is 1. The molecule has 1 aromatic heterocycles. The van der Waals surface area contributed by atoms with Crippen molar-refractivity contribution in [3.8, 4) is 0 Å². The maximum absolute atomic E-state index is 4.17. The van der Waals surface area contributed by atoms with E-state index < -0.39 is 0 Å². The minimum atomic E-state index is 0. The molecular formula is C8H15ClN4. The SMILES string of the molecule is CC(C)c1nnc2n1CCNC2.Cl. The molecule has 5 heteroatoms. The lowest BCUT2D eigenvalue weighted by atomic mass is 10.2. The molecule has 0 saturated heterocycles. The highest BCUT2D eigenvalue weighted by Gasteiger charge is 2.16. The molecule has 0 atom stereocenters. The Labute approximate surface area is 84.1 Å². The second kappa shape index (κ2) is 4.07. The fourth-order valence-corrected chi connectivity index (χ4v) is 1.54. The van der Waals surface area contributed by atoms with Crippen molar-refractivity contribution in [2.45, 2.75) is 32.9 Å². The van der Waals surface area contributed by atoms with Gasteiger partial charge in [-0.1, -0.05) is 13.8 Å². The molecule has 1 aliphatic heterocycles. The third-order valence-electron chi connectivity index (χ3n) is 2.17. The maximum atomic E-state index is 4.17. The van der Waals surface area contributed by atoms with Gasteiger partial charge >= 0.3 is 0 Å². The average molecular weight is 203 g/mol. The van der Waals surface area contributed by atoms with Crippen LogP contribution in [0, 0.1) is 0 Å². The molecule has 0 spiro atoms. The van der Waals surface area contributed by atoms with Crippen LogP contribution in [0.4, 0.5) is 0 Å². The maximum Gasteiger partial charge on any atom is 0.147 e. The highest BCUT2D eigenvalue weighted by molar-refractivity contribution is 5.85. The Hall–Kier alpha value is -0.610. The fourth-order valence-electron chi connectivity index (χ4n) is 1.54. The summed E-state index contributed by atoms with van der Waals surface area (Å²) in [6, 6.07) is 0. The molecule has 0 aromatic carbocycles. The molecule has 4 nitrogen and oxygen atoms in total. The van der Waals surface area contributed by atoms with Crippen molar-refractivity contribution >= 4 is 12.4 Å². The average Bonchev–Trinajstić information content (AvgIpc) is 2.47. The van der Waals surface area contributed by atoms with E-state index in [0.29, 0.717) is 5.92 Å². The summed E-state index contributed by atoms with van der Waals surface area (Å²) in [6.07, 6.45) is 0. The molecule has 0 fully saturated rings. The van der Waals surface area contributed by atoms with Crippen molar-refractivity contribution in [1.82, 2.24) is 20.1 Å². The Morgan fingerprint density at radius 1 is 1.38 bits per heavy atom. The van der Waals surface area contributed by atoms with E-state index in [-0.39, 0.29) is 12.4 Å². The van der Waals surface area contributed by atoms with Crippen LogP contribution in [-0.2, 0) is 13.1 Å². The topological polar surface area (TPSA) is 42.7 Å². The van der Waals surface area contributed by atoms with Crippen molar-refractivity contribution in [3.63, 3.8) is 0 Å². The molecule has 1 N–H and O–H groups in total. The van der Waals surface area contributed by atoms with Crippen molar-refractivity contribution in [1.29, 1.82) is 0 Å². The van der Waals surface area contributed by atoms with Gasteiger partial charge in [-0.15, -0.1) is 22.6 Å². The van der Waals surface area contributed by atoms with Gasteiger partial charge in [-0.2, -0.15) is 0 Å². The van der Waals surface area contributed by atoms with Crippen molar-refractivity contribution in [3.05, 3.63) is 11.6 Å². The summed E-state index contributed by atoms with van der Waals surface area (Å²) >= 11 is 0. The van der Waals surface area contributed by atoms with Gasteiger partial charge in [0.2, 0.25) is 0 Å². The highest BCUT2D eigenvalue weighted by atomic mass is 35.5. The van der Waals surface area contributed by atoms with Crippen molar-refractivity contribution in [2.75, 3.05) is 6.54 Å². The van der Waals surface area contributed by atoms with Gasteiger partial charge in [0.15, 0.2) is 0 Å². The van der Waals surface area contributed by atoms with Gasteiger partial charge in [0.05, 0.1) is 6.54 Å².